The molecule has 4 heteroatoms. The van der Waals surface area contributed by atoms with Crippen LogP contribution in [0.1, 0.15) is 0 Å². The molecule has 0 fully saturated rings. The van der Waals surface area contributed by atoms with Crippen molar-refractivity contribution in [1.29, 1.82) is 0 Å². The minimum atomic E-state index is -0.245. The fraction of sp³-hybridized carbons (Fsp3) is 0.500. The van der Waals surface area contributed by atoms with E-state index in [4.69, 9.17) is 0 Å². The fourth-order valence-corrected chi connectivity index (χ4v) is 0. The topological polar surface area (TPSA) is 23.1 Å². The van der Waals surface area contributed by atoms with Gasteiger partial charge in [0.25, 0.3) is 0 Å². The van der Waals surface area contributed by atoms with E-state index in [1.807, 2.05) is 0 Å². The molecule has 0 aromatic heterocycles. The van der Waals surface area contributed by atoms with Crippen molar-refractivity contribution in [2.75, 3.05) is 6.26 Å². The van der Waals surface area contributed by atoms with E-state index in [1.165, 1.54) is 0 Å². The van der Waals surface area contributed by atoms with Gasteiger partial charge in [0, 0.05) is 0 Å². The summed E-state index contributed by atoms with van der Waals surface area (Å²) in [4.78, 5) is 0. The molecule has 6 heavy (non-hydrogen) atoms. The third-order valence-corrected chi connectivity index (χ3v) is 1.000. The summed E-state index contributed by atoms with van der Waals surface area (Å²) in [5, 5.41) is 9.59. The molecular formula is C2H3NaOS2. The molecule has 0 aliphatic rings. The van der Waals surface area contributed by atoms with E-state index < -0.39 is 0 Å². The first-order valence-corrected chi connectivity index (χ1v) is 2.65. The molecule has 1 nitrogen and oxygen atoms in total. The summed E-state index contributed by atoms with van der Waals surface area (Å²) in [5.41, 5.74) is 0. The van der Waals surface area contributed by atoms with Crippen molar-refractivity contribution in [2.24, 2.45) is 0 Å². The summed E-state index contributed by atoms with van der Waals surface area (Å²) in [6.45, 7) is 0. The zero-order valence-corrected chi connectivity index (χ0v) is 7.36. The number of thioether (sulfide) groups is 1. The fourth-order valence-electron chi connectivity index (χ4n) is 0. The van der Waals surface area contributed by atoms with Crippen LogP contribution in [0.3, 0.4) is 0 Å². The predicted octanol–water partition coefficient (Wildman–Crippen LogP) is -3.00. The van der Waals surface area contributed by atoms with Gasteiger partial charge in [-0.2, -0.15) is 0 Å². The third-order valence-electron chi connectivity index (χ3n) is 0.167. The van der Waals surface area contributed by atoms with Crippen LogP contribution in [0, 0.1) is 0 Å². The molecule has 0 atom stereocenters. The molecule has 0 aromatic carbocycles. The molecule has 30 valence electrons. The Hall–Kier alpha value is 1.24. The number of rotatable bonds is 0. The van der Waals surface area contributed by atoms with Crippen molar-refractivity contribution in [1.82, 2.24) is 0 Å². The Kier molecular flexibility index (Phi) is 10.7. The third kappa shape index (κ3) is 8.97. The Balaban J connectivity index is 0. The van der Waals surface area contributed by atoms with Crippen molar-refractivity contribution >= 4 is 28.4 Å². The molecule has 0 bridgehead atoms. The molecule has 0 radical (unpaired) electrons. The van der Waals surface area contributed by atoms with E-state index in [-0.39, 0.29) is 33.9 Å². The largest absolute Gasteiger partial charge is 1.00 e. The van der Waals surface area contributed by atoms with E-state index in [2.05, 4.69) is 12.2 Å². The molecule has 0 aliphatic heterocycles. The minimum absolute atomic E-state index is 0. The van der Waals surface area contributed by atoms with Gasteiger partial charge in [0.15, 0.2) is 0 Å². The zero-order chi connectivity index (χ0) is 4.28. The van der Waals surface area contributed by atoms with Crippen molar-refractivity contribution in [3.05, 3.63) is 0 Å². The second kappa shape index (κ2) is 6.24. The summed E-state index contributed by atoms with van der Waals surface area (Å²) >= 11 is 5.16. The van der Waals surface area contributed by atoms with Crippen molar-refractivity contribution in [3.63, 3.8) is 0 Å². The van der Waals surface area contributed by atoms with Crippen LogP contribution in [-0.4, -0.2) is 10.6 Å². The van der Waals surface area contributed by atoms with Crippen LogP contribution in [0.25, 0.3) is 0 Å². The molecule has 0 rings (SSSR count). The van der Waals surface area contributed by atoms with Gasteiger partial charge in [-0.05, 0) is 10.6 Å². The van der Waals surface area contributed by atoms with E-state index in [9.17, 15) is 5.11 Å². The molecule has 0 spiro atoms. The maximum absolute atomic E-state index is 9.59. The van der Waals surface area contributed by atoms with Gasteiger partial charge in [-0.15, -0.1) is 11.8 Å². The first-order chi connectivity index (χ1) is 2.27. The van der Waals surface area contributed by atoms with Crippen molar-refractivity contribution in [3.8, 4) is 0 Å². The molecule has 0 saturated heterocycles. The van der Waals surface area contributed by atoms with Gasteiger partial charge in [-0.1, -0.05) is 12.2 Å². The van der Waals surface area contributed by atoms with Crippen LogP contribution in [0.5, 0.6) is 0 Å². The second-order valence-electron chi connectivity index (χ2n) is 0.454. The minimum Gasteiger partial charge on any atom is -0.860 e. The molecule has 0 aromatic rings. The van der Waals surface area contributed by atoms with Crippen LogP contribution in [0.2, 0.25) is 0 Å². The summed E-state index contributed by atoms with van der Waals surface area (Å²) in [6.07, 6.45) is 1.66. The summed E-state index contributed by atoms with van der Waals surface area (Å²) < 4.78 is -0.245. The van der Waals surface area contributed by atoms with Crippen LogP contribution < -0.4 is 34.7 Å². The molecule has 0 aliphatic carbocycles. The SMILES string of the molecule is CSC([O-])=S.[Na+]. The van der Waals surface area contributed by atoms with Crippen LogP contribution in [0.4, 0.5) is 0 Å². The van der Waals surface area contributed by atoms with Gasteiger partial charge in [0.05, 0.1) is 0 Å². The first kappa shape index (κ1) is 10.3. The molecule has 0 heterocycles. The monoisotopic (exact) mass is 130 g/mol. The van der Waals surface area contributed by atoms with E-state index >= 15 is 0 Å². The van der Waals surface area contributed by atoms with Gasteiger partial charge >= 0.3 is 29.6 Å². The molecule has 0 N–H and O–H groups in total. The standard InChI is InChI=1S/C2H4OS2.Na/c1-5-2(3)4;/h1H3,(H,3,4);/q;+1/p-1. The Morgan fingerprint density at radius 3 is 2.00 bits per heavy atom. The van der Waals surface area contributed by atoms with E-state index in [1.54, 1.807) is 6.26 Å². The van der Waals surface area contributed by atoms with Crippen LogP contribution >= 0.6 is 24.0 Å². The average Bonchev–Trinajstić information content (AvgIpc) is 1.38. The Morgan fingerprint density at radius 1 is 1.83 bits per heavy atom. The maximum atomic E-state index is 9.59. The quantitative estimate of drug-likeness (QED) is 0.258. The Morgan fingerprint density at radius 2 is 2.00 bits per heavy atom. The van der Waals surface area contributed by atoms with Gasteiger partial charge in [0.1, 0.15) is 0 Å². The number of hydrogen-bond acceptors (Lipinski definition) is 3. The molecular weight excluding hydrogens is 127 g/mol. The second-order valence-corrected chi connectivity index (χ2v) is 1.86. The zero-order valence-electron chi connectivity index (χ0n) is 3.72. The van der Waals surface area contributed by atoms with Gasteiger partial charge in [-0.25, -0.2) is 0 Å². The molecule has 0 unspecified atom stereocenters. The molecule has 0 amide bonds. The number of hydrogen-bond donors (Lipinski definition) is 0. The van der Waals surface area contributed by atoms with E-state index in [0.29, 0.717) is 0 Å². The van der Waals surface area contributed by atoms with Gasteiger partial charge in [0.2, 0.25) is 0 Å². The molecule has 0 saturated carbocycles. The summed E-state index contributed by atoms with van der Waals surface area (Å²) in [7, 11) is 0. The van der Waals surface area contributed by atoms with E-state index in [0.717, 1.165) is 11.8 Å². The van der Waals surface area contributed by atoms with Crippen LogP contribution in [0.15, 0.2) is 0 Å². The first-order valence-electron chi connectivity index (χ1n) is 1.02. The van der Waals surface area contributed by atoms with Gasteiger partial charge < -0.3 is 5.11 Å². The van der Waals surface area contributed by atoms with Crippen molar-refractivity contribution < 1.29 is 34.7 Å². The summed E-state index contributed by atoms with van der Waals surface area (Å²) in [5.74, 6) is 0. The normalized spacial score (nSPS) is 6.17. The van der Waals surface area contributed by atoms with Crippen molar-refractivity contribution in [2.45, 2.75) is 0 Å². The Labute approximate surface area is 68.8 Å². The van der Waals surface area contributed by atoms with Crippen LogP contribution in [-0.2, 0) is 0 Å². The Bertz CT molecular complexity index is 46.8. The van der Waals surface area contributed by atoms with Gasteiger partial charge in [-0.3, -0.25) is 0 Å². The average molecular weight is 130 g/mol. The maximum Gasteiger partial charge on any atom is 1.00 e. The number of thiocarbonyl (C=S) groups is 1. The summed E-state index contributed by atoms with van der Waals surface area (Å²) in [6, 6.07) is 0. The predicted molar refractivity (Wildman–Crippen MR) is 26.1 cm³/mol. The smallest absolute Gasteiger partial charge is 0.860 e.